The predicted molar refractivity (Wildman–Crippen MR) is 118 cm³/mol. The van der Waals surface area contributed by atoms with Gasteiger partial charge in [0.05, 0.1) is 30.9 Å². The van der Waals surface area contributed by atoms with E-state index in [0.29, 0.717) is 28.6 Å². The van der Waals surface area contributed by atoms with E-state index in [1.807, 2.05) is 0 Å². The molecule has 0 aliphatic carbocycles. The van der Waals surface area contributed by atoms with Gasteiger partial charge in [-0.15, -0.1) is 0 Å². The molecule has 0 bridgehead atoms. The van der Waals surface area contributed by atoms with Crippen molar-refractivity contribution >= 4 is 28.3 Å². The lowest BCUT2D eigenvalue weighted by Gasteiger charge is -2.34. The fourth-order valence-corrected chi connectivity index (χ4v) is 3.41. The van der Waals surface area contributed by atoms with Crippen LogP contribution >= 0.6 is 0 Å². The number of H-pyrrole nitrogens is 1. The zero-order valence-corrected chi connectivity index (χ0v) is 17.8. The van der Waals surface area contributed by atoms with E-state index >= 15 is 0 Å². The van der Waals surface area contributed by atoms with Gasteiger partial charge in [0, 0.05) is 30.2 Å². The molecule has 10 heteroatoms. The summed E-state index contributed by atoms with van der Waals surface area (Å²) in [6, 6.07) is 8.87. The maximum Gasteiger partial charge on any atom is 0.254 e. The average Bonchev–Trinajstić information content (AvgIpc) is 3.19. The summed E-state index contributed by atoms with van der Waals surface area (Å²) in [6.07, 6.45) is 0.215. The quantitative estimate of drug-likeness (QED) is 0.273. The van der Waals surface area contributed by atoms with Crippen LogP contribution < -0.4 is 4.74 Å². The first kappa shape index (κ1) is 22.4. The number of aromatic nitrogens is 2. The maximum absolute atomic E-state index is 14.4. The Bertz CT molecular complexity index is 1220. The number of ether oxygens (including phenoxy) is 2. The Hall–Kier alpha value is -3.79. The number of allylic oxidation sites excluding steroid dienone is 1. The van der Waals surface area contributed by atoms with Crippen molar-refractivity contribution in [2.24, 2.45) is 0 Å². The van der Waals surface area contributed by atoms with Gasteiger partial charge in [0.1, 0.15) is 24.2 Å². The van der Waals surface area contributed by atoms with Crippen LogP contribution in [0.3, 0.4) is 0 Å². The Labute approximate surface area is 187 Å². The van der Waals surface area contributed by atoms with Crippen LogP contribution in [0.1, 0.15) is 21.6 Å². The summed E-state index contributed by atoms with van der Waals surface area (Å²) in [5, 5.41) is 25.9. The van der Waals surface area contributed by atoms with Crippen LogP contribution in [0.4, 0.5) is 8.78 Å². The molecule has 172 valence electrons. The van der Waals surface area contributed by atoms with E-state index < -0.39 is 12.0 Å². The second-order valence-corrected chi connectivity index (χ2v) is 7.57. The van der Waals surface area contributed by atoms with Crippen LogP contribution in [0.5, 0.6) is 5.75 Å². The number of amides is 1. The highest BCUT2D eigenvalue weighted by Crippen LogP contribution is 2.28. The van der Waals surface area contributed by atoms with Crippen molar-refractivity contribution in [1.82, 2.24) is 15.1 Å². The van der Waals surface area contributed by atoms with Crippen molar-refractivity contribution in [1.29, 1.82) is 5.41 Å². The zero-order chi connectivity index (χ0) is 23.5. The number of hydrogen-bond acceptors (Lipinski definition) is 6. The van der Waals surface area contributed by atoms with E-state index in [1.54, 1.807) is 24.3 Å². The number of carbonyl (C=O) groups excluding carboxylic acids is 1. The molecule has 1 aliphatic heterocycles. The van der Waals surface area contributed by atoms with Gasteiger partial charge in [0.15, 0.2) is 11.6 Å². The molecule has 4 rings (SSSR count). The third kappa shape index (κ3) is 4.70. The third-order valence-electron chi connectivity index (χ3n) is 5.25. The Morgan fingerprint density at radius 2 is 1.97 bits per heavy atom. The molecule has 1 aromatic heterocycles. The van der Waals surface area contributed by atoms with Crippen LogP contribution in [0.2, 0.25) is 0 Å². The van der Waals surface area contributed by atoms with E-state index in [-0.39, 0.29) is 48.5 Å². The number of aliphatic hydroxyl groups is 1. The Morgan fingerprint density at radius 1 is 1.27 bits per heavy atom. The molecule has 0 radical (unpaired) electrons. The smallest absolute Gasteiger partial charge is 0.254 e. The highest BCUT2D eigenvalue weighted by Gasteiger charge is 2.30. The third-order valence-corrected chi connectivity index (χ3v) is 5.25. The molecule has 8 nitrogen and oxygen atoms in total. The van der Waals surface area contributed by atoms with Crippen molar-refractivity contribution < 1.29 is 28.2 Å². The zero-order valence-electron chi connectivity index (χ0n) is 17.8. The summed E-state index contributed by atoms with van der Waals surface area (Å²) in [6.45, 7) is 0.669. The predicted octanol–water partition coefficient (Wildman–Crippen LogP) is 3.49. The van der Waals surface area contributed by atoms with Gasteiger partial charge in [0.25, 0.3) is 5.91 Å². The van der Waals surface area contributed by atoms with Crippen molar-refractivity contribution in [2.75, 3.05) is 33.4 Å². The van der Waals surface area contributed by atoms with Crippen molar-refractivity contribution in [3.63, 3.8) is 0 Å². The molecule has 3 aromatic rings. The summed E-state index contributed by atoms with van der Waals surface area (Å²) in [4.78, 5) is 13.6. The Kier molecular flexibility index (Phi) is 6.36. The number of rotatable bonds is 8. The number of nitrogens with one attached hydrogen (secondary N) is 2. The highest BCUT2D eigenvalue weighted by molar-refractivity contribution is 6.10. The second-order valence-electron chi connectivity index (χ2n) is 7.57. The van der Waals surface area contributed by atoms with E-state index in [1.165, 1.54) is 30.2 Å². The molecule has 1 saturated heterocycles. The Balaban J connectivity index is 1.50. The number of aromatic amines is 1. The molecule has 0 saturated carbocycles. The maximum atomic E-state index is 14.4. The number of alkyl halides is 1. The van der Waals surface area contributed by atoms with Crippen LogP contribution in [0.25, 0.3) is 16.7 Å². The minimum Gasteiger partial charge on any atom is -0.506 e. The molecule has 33 heavy (non-hydrogen) atoms. The summed E-state index contributed by atoms with van der Waals surface area (Å²) < 4.78 is 37.6. The number of carbonyl (C=O) groups is 1. The lowest BCUT2D eigenvalue weighted by Crippen LogP contribution is -2.51. The van der Waals surface area contributed by atoms with Gasteiger partial charge in [-0.25, -0.2) is 8.78 Å². The molecule has 0 atom stereocenters. The van der Waals surface area contributed by atoms with Gasteiger partial charge < -0.3 is 24.9 Å². The number of hydrogen-bond donors (Lipinski definition) is 3. The monoisotopic (exact) mass is 456 g/mol. The molecule has 1 aliphatic rings. The summed E-state index contributed by atoms with van der Waals surface area (Å²) >= 11 is 0. The highest BCUT2D eigenvalue weighted by atomic mass is 19.1. The molecule has 0 spiro atoms. The second kappa shape index (κ2) is 9.37. The number of nitrogens with zero attached hydrogens (tertiary/aromatic N) is 2. The minimum atomic E-state index is -0.976. The Morgan fingerprint density at radius 3 is 2.64 bits per heavy atom. The van der Waals surface area contributed by atoms with Crippen LogP contribution in [-0.4, -0.2) is 71.4 Å². The summed E-state index contributed by atoms with van der Waals surface area (Å²) in [7, 11) is 1.51. The van der Waals surface area contributed by atoms with Crippen LogP contribution in [0, 0.1) is 11.2 Å². The van der Waals surface area contributed by atoms with E-state index in [9.17, 15) is 18.7 Å². The normalized spacial score (nSPS) is 14.4. The van der Waals surface area contributed by atoms with E-state index in [0.717, 1.165) is 0 Å². The largest absolute Gasteiger partial charge is 0.506 e. The summed E-state index contributed by atoms with van der Waals surface area (Å²) in [5.74, 6) is -1.18. The van der Waals surface area contributed by atoms with E-state index in [2.05, 4.69) is 10.2 Å². The van der Waals surface area contributed by atoms with Gasteiger partial charge in [0.2, 0.25) is 0 Å². The first-order chi connectivity index (χ1) is 15.9. The first-order valence-corrected chi connectivity index (χ1v) is 10.2. The topological polar surface area (TPSA) is 112 Å². The van der Waals surface area contributed by atoms with Gasteiger partial charge in [-0.05, 0) is 23.8 Å². The van der Waals surface area contributed by atoms with Crippen molar-refractivity contribution in [3.8, 4) is 5.75 Å². The fraction of sp³-hybridized carbons (Fsp3) is 0.261. The molecular weight excluding hydrogens is 434 g/mol. The molecular formula is C23H22F2N4O4. The number of fused-ring (bicyclic) bond motifs is 1. The average molecular weight is 456 g/mol. The number of methoxy groups -OCH3 is 1. The van der Waals surface area contributed by atoms with Gasteiger partial charge in [-0.2, -0.15) is 5.10 Å². The molecule has 1 fully saturated rings. The van der Waals surface area contributed by atoms with Gasteiger partial charge >= 0.3 is 0 Å². The standard InChI is InChI=1S/C23H22F2N4O4/c1-32-6-7-33-21-10-19-16(8-17(21)25)22(28-27-19)20(30)9-18(26)13-2-4-14(5-3-13)23(31)29-11-15(24)12-29/h2-5,8-10,15,26,30H,6-7,11-12H2,1H3,(H,27,28)/b20-9-,26-18?. The minimum absolute atomic E-state index is 0.0286. The van der Waals surface area contributed by atoms with Gasteiger partial charge in [-0.1, -0.05) is 12.1 Å². The number of aliphatic hydroxyl groups excluding tert-OH is 1. The molecule has 1 amide bonds. The van der Waals surface area contributed by atoms with Crippen LogP contribution in [-0.2, 0) is 4.74 Å². The lowest BCUT2D eigenvalue weighted by molar-refractivity contribution is 0.0400. The van der Waals surface area contributed by atoms with Crippen molar-refractivity contribution in [3.05, 3.63) is 65.1 Å². The molecule has 2 heterocycles. The van der Waals surface area contributed by atoms with Crippen LogP contribution in [0.15, 0.2) is 42.5 Å². The number of likely N-dealkylation sites (tertiary alicyclic amines) is 1. The number of benzene rings is 2. The van der Waals surface area contributed by atoms with Gasteiger partial charge in [-0.3, -0.25) is 9.89 Å². The molecule has 0 unspecified atom stereocenters. The summed E-state index contributed by atoms with van der Waals surface area (Å²) in [5.41, 5.74) is 1.35. The SMILES string of the molecule is COCCOc1cc2[nH]nc(/C(O)=C/C(=N)c3ccc(C(=O)N4CC(F)C4)cc3)c2cc1F. The van der Waals surface area contributed by atoms with E-state index in [4.69, 9.17) is 14.9 Å². The number of halogens is 2. The first-order valence-electron chi connectivity index (χ1n) is 10.2. The molecule has 3 N–H and O–H groups in total. The van der Waals surface area contributed by atoms with Crippen molar-refractivity contribution in [2.45, 2.75) is 6.17 Å². The molecule has 2 aromatic carbocycles. The lowest BCUT2D eigenvalue weighted by atomic mass is 10.0. The fourth-order valence-electron chi connectivity index (χ4n) is 3.41.